The van der Waals surface area contributed by atoms with Crippen molar-refractivity contribution in [3.8, 4) is 0 Å². The van der Waals surface area contributed by atoms with Crippen LogP contribution in [-0.4, -0.2) is 24.8 Å². The van der Waals surface area contributed by atoms with Crippen molar-refractivity contribution >= 4 is 16.1 Å². The Morgan fingerprint density at radius 2 is 1.70 bits per heavy atom. The number of hydrogen-bond acceptors (Lipinski definition) is 3. The highest BCUT2D eigenvalue weighted by Gasteiger charge is 2.35. The van der Waals surface area contributed by atoms with Gasteiger partial charge in [-0.3, -0.25) is 0 Å². The Bertz CT molecular complexity index is 563. The van der Waals surface area contributed by atoms with Crippen LogP contribution in [0.1, 0.15) is 32.6 Å². The Labute approximate surface area is 119 Å². The summed E-state index contributed by atoms with van der Waals surface area (Å²) in [6.45, 7) is 2.14. The minimum Gasteiger partial charge on any atom is -0.351 e. The standard InChI is InChI=1S/C14H20N2O3S/c1-11-7-9-12(10-8-11)16(14(15)17)20(18,19)13-5-3-2-4-6-13/h2-6,11-12H,7-10H2,1H3,(H2,15,17). The van der Waals surface area contributed by atoms with Crippen molar-refractivity contribution in [2.45, 2.75) is 43.5 Å². The van der Waals surface area contributed by atoms with Gasteiger partial charge in [0, 0.05) is 0 Å². The van der Waals surface area contributed by atoms with E-state index in [4.69, 9.17) is 5.73 Å². The average molecular weight is 296 g/mol. The van der Waals surface area contributed by atoms with Gasteiger partial charge in [0.25, 0.3) is 10.0 Å². The number of sulfonamides is 1. The van der Waals surface area contributed by atoms with Gasteiger partial charge < -0.3 is 5.73 Å². The minimum absolute atomic E-state index is 0.109. The predicted octanol–water partition coefficient (Wildman–Crippen LogP) is 2.33. The number of nitrogens with zero attached hydrogens (tertiary/aromatic N) is 1. The number of benzene rings is 1. The monoisotopic (exact) mass is 296 g/mol. The minimum atomic E-state index is -3.86. The van der Waals surface area contributed by atoms with E-state index >= 15 is 0 Å². The Balaban J connectivity index is 2.32. The Hall–Kier alpha value is -1.56. The number of nitrogens with two attached hydrogens (primary N) is 1. The molecule has 0 aromatic heterocycles. The summed E-state index contributed by atoms with van der Waals surface area (Å²) in [6.07, 6.45) is 3.18. The highest BCUT2D eigenvalue weighted by atomic mass is 32.2. The number of urea groups is 1. The first-order valence-corrected chi connectivity index (χ1v) is 8.26. The summed E-state index contributed by atoms with van der Waals surface area (Å²) in [4.78, 5) is 11.8. The first kappa shape index (κ1) is 14.8. The third-order valence-electron chi connectivity index (χ3n) is 3.83. The van der Waals surface area contributed by atoms with Crippen molar-refractivity contribution in [2.75, 3.05) is 0 Å². The van der Waals surface area contributed by atoms with E-state index in [1.807, 2.05) is 0 Å². The van der Waals surface area contributed by atoms with Crippen molar-refractivity contribution in [1.82, 2.24) is 4.31 Å². The van der Waals surface area contributed by atoms with Gasteiger partial charge in [-0.2, -0.15) is 0 Å². The second kappa shape index (κ2) is 5.83. The molecule has 6 heteroatoms. The summed E-state index contributed by atoms with van der Waals surface area (Å²) < 4.78 is 26.0. The molecule has 5 nitrogen and oxygen atoms in total. The highest BCUT2D eigenvalue weighted by molar-refractivity contribution is 7.89. The quantitative estimate of drug-likeness (QED) is 0.929. The summed E-state index contributed by atoms with van der Waals surface area (Å²) in [7, 11) is -3.86. The molecule has 0 heterocycles. The van der Waals surface area contributed by atoms with Gasteiger partial charge in [-0.25, -0.2) is 17.5 Å². The topological polar surface area (TPSA) is 80.5 Å². The molecule has 0 atom stereocenters. The molecule has 0 bridgehead atoms. The lowest BCUT2D eigenvalue weighted by molar-refractivity contribution is 0.199. The smallest absolute Gasteiger partial charge is 0.328 e. The maximum Gasteiger partial charge on any atom is 0.328 e. The van der Waals surface area contributed by atoms with E-state index in [0.717, 1.165) is 17.1 Å². The zero-order valence-electron chi connectivity index (χ0n) is 11.5. The number of amides is 2. The highest BCUT2D eigenvalue weighted by Crippen LogP contribution is 2.30. The molecule has 1 aliphatic carbocycles. The second-order valence-corrected chi connectivity index (χ2v) is 7.18. The molecule has 0 spiro atoms. The molecule has 2 amide bonds. The lowest BCUT2D eigenvalue weighted by Gasteiger charge is -2.34. The molecule has 0 aliphatic heterocycles. The second-order valence-electron chi connectivity index (χ2n) is 5.37. The summed E-state index contributed by atoms with van der Waals surface area (Å²) in [5.74, 6) is 0.570. The first-order valence-electron chi connectivity index (χ1n) is 6.82. The number of primary amides is 1. The first-order chi connectivity index (χ1) is 9.43. The van der Waals surface area contributed by atoms with E-state index in [1.165, 1.54) is 12.1 Å². The normalized spacial score (nSPS) is 23.2. The van der Waals surface area contributed by atoms with E-state index in [-0.39, 0.29) is 10.9 Å². The zero-order chi connectivity index (χ0) is 14.8. The van der Waals surface area contributed by atoms with E-state index in [9.17, 15) is 13.2 Å². The predicted molar refractivity (Wildman–Crippen MR) is 76.5 cm³/mol. The van der Waals surface area contributed by atoms with Crippen LogP contribution in [0.3, 0.4) is 0 Å². The van der Waals surface area contributed by atoms with Crippen LogP contribution in [0.25, 0.3) is 0 Å². The van der Waals surface area contributed by atoms with Gasteiger partial charge >= 0.3 is 6.03 Å². The molecule has 1 aromatic rings. The molecule has 1 aromatic carbocycles. The van der Waals surface area contributed by atoms with Crippen LogP contribution in [0.5, 0.6) is 0 Å². The summed E-state index contributed by atoms with van der Waals surface area (Å²) in [6, 6.07) is 6.75. The molecule has 0 saturated heterocycles. The van der Waals surface area contributed by atoms with Crippen LogP contribution >= 0.6 is 0 Å². The van der Waals surface area contributed by atoms with Gasteiger partial charge in [-0.05, 0) is 43.7 Å². The number of carbonyl (C=O) groups excluding carboxylic acids is 1. The van der Waals surface area contributed by atoms with Crippen molar-refractivity contribution in [1.29, 1.82) is 0 Å². The maximum absolute atomic E-state index is 12.6. The summed E-state index contributed by atoms with van der Waals surface area (Å²) in [5.41, 5.74) is 5.33. The molecule has 2 N–H and O–H groups in total. The van der Waals surface area contributed by atoms with E-state index in [0.29, 0.717) is 18.8 Å². The largest absolute Gasteiger partial charge is 0.351 e. The van der Waals surface area contributed by atoms with Crippen LogP contribution < -0.4 is 5.73 Å². The Morgan fingerprint density at radius 1 is 1.15 bits per heavy atom. The van der Waals surface area contributed by atoms with Gasteiger partial charge in [0.2, 0.25) is 0 Å². The van der Waals surface area contributed by atoms with Crippen molar-refractivity contribution < 1.29 is 13.2 Å². The summed E-state index contributed by atoms with van der Waals surface area (Å²) >= 11 is 0. The Morgan fingerprint density at radius 3 is 2.20 bits per heavy atom. The molecule has 1 aliphatic rings. The molecular formula is C14H20N2O3S. The molecule has 110 valence electrons. The third kappa shape index (κ3) is 2.95. The van der Waals surface area contributed by atoms with Crippen LogP contribution in [0, 0.1) is 5.92 Å². The lowest BCUT2D eigenvalue weighted by atomic mass is 9.87. The van der Waals surface area contributed by atoms with Crippen LogP contribution in [0.4, 0.5) is 4.79 Å². The maximum atomic E-state index is 12.6. The van der Waals surface area contributed by atoms with Gasteiger partial charge in [0.05, 0.1) is 10.9 Å². The van der Waals surface area contributed by atoms with Crippen LogP contribution in [0.2, 0.25) is 0 Å². The fraction of sp³-hybridized carbons (Fsp3) is 0.500. The molecule has 1 saturated carbocycles. The van der Waals surface area contributed by atoms with Crippen molar-refractivity contribution in [2.24, 2.45) is 11.7 Å². The number of rotatable bonds is 3. The SMILES string of the molecule is CC1CCC(N(C(N)=O)S(=O)(=O)c2ccccc2)CC1. The molecular weight excluding hydrogens is 276 g/mol. The number of carbonyl (C=O) groups is 1. The average Bonchev–Trinajstić information content (AvgIpc) is 2.41. The van der Waals surface area contributed by atoms with E-state index < -0.39 is 16.1 Å². The fourth-order valence-corrected chi connectivity index (χ4v) is 4.25. The molecule has 1 fully saturated rings. The zero-order valence-corrected chi connectivity index (χ0v) is 12.3. The van der Waals surface area contributed by atoms with Crippen LogP contribution in [-0.2, 0) is 10.0 Å². The van der Waals surface area contributed by atoms with Crippen molar-refractivity contribution in [3.63, 3.8) is 0 Å². The van der Waals surface area contributed by atoms with Gasteiger partial charge in [-0.15, -0.1) is 0 Å². The molecule has 0 unspecified atom stereocenters. The molecule has 20 heavy (non-hydrogen) atoms. The molecule has 2 rings (SSSR count). The number of hydrogen-bond donors (Lipinski definition) is 1. The van der Waals surface area contributed by atoms with E-state index in [1.54, 1.807) is 18.2 Å². The van der Waals surface area contributed by atoms with Gasteiger partial charge in [0.15, 0.2) is 0 Å². The fourth-order valence-electron chi connectivity index (χ4n) is 2.68. The summed E-state index contributed by atoms with van der Waals surface area (Å²) in [5, 5.41) is 0. The van der Waals surface area contributed by atoms with Crippen LogP contribution in [0.15, 0.2) is 35.2 Å². The van der Waals surface area contributed by atoms with Gasteiger partial charge in [0.1, 0.15) is 0 Å². The van der Waals surface area contributed by atoms with E-state index in [2.05, 4.69) is 6.92 Å². The van der Waals surface area contributed by atoms with Crippen molar-refractivity contribution in [3.05, 3.63) is 30.3 Å². The lowest BCUT2D eigenvalue weighted by Crippen LogP contribution is -2.48. The third-order valence-corrected chi connectivity index (χ3v) is 5.70. The van der Waals surface area contributed by atoms with Gasteiger partial charge in [-0.1, -0.05) is 25.1 Å². The molecule has 0 radical (unpaired) electrons. The Kier molecular flexibility index (Phi) is 4.32.